The lowest BCUT2D eigenvalue weighted by Crippen LogP contribution is -2.37. The van der Waals surface area contributed by atoms with Gasteiger partial charge in [0.05, 0.1) is 18.3 Å². The van der Waals surface area contributed by atoms with Crippen LogP contribution in [0.1, 0.15) is 32.8 Å². The Morgan fingerprint density at radius 2 is 1.86 bits per heavy atom. The van der Waals surface area contributed by atoms with Crippen molar-refractivity contribution in [3.8, 4) is 0 Å². The van der Waals surface area contributed by atoms with Gasteiger partial charge in [-0.25, -0.2) is 0 Å². The molecule has 0 bridgehead atoms. The zero-order valence-electron chi connectivity index (χ0n) is 14.4. The van der Waals surface area contributed by atoms with E-state index in [2.05, 4.69) is 17.0 Å². The van der Waals surface area contributed by atoms with Crippen LogP contribution in [-0.4, -0.2) is 55.1 Å². The van der Waals surface area contributed by atoms with Gasteiger partial charge in [-0.05, 0) is 32.8 Å². The van der Waals surface area contributed by atoms with Crippen molar-refractivity contribution in [2.75, 3.05) is 33.4 Å². The molecule has 4 heteroatoms. The van der Waals surface area contributed by atoms with E-state index in [1.165, 1.54) is 5.56 Å². The van der Waals surface area contributed by atoms with Gasteiger partial charge >= 0.3 is 0 Å². The summed E-state index contributed by atoms with van der Waals surface area (Å²) < 4.78 is 10.8. The Morgan fingerprint density at radius 1 is 1.18 bits per heavy atom. The molecule has 1 aromatic rings. The molecular weight excluding hydrogens is 278 g/mol. The highest BCUT2D eigenvalue weighted by Gasteiger charge is 2.16. The van der Waals surface area contributed by atoms with Crippen LogP contribution in [0, 0.1) is 0 Å². The summed E-state index contributed by atoms with van der Waals surface area (Å²) in [7, 11) is 1.72. The van der Waals surface area contributed by atoms with Crippen LogP contribution >= 0.6 is 0 Å². The summed E-state index contributed by atoms with van der Waals surface area (Å²) in [5.41, 5.74) is 1.03. The number of benzene rings is 1. The van der Waals surface area contributed by atoms with Crippen LogP contribution < -0.4 is 0 Å². The van der Waals surface area contributed by atoms with Gasteiger partial charge in [0, 0.05) is 33.4 Å². The monoisotopic (exact) mass is 309 g/mol. The normalized spacial score (nSPS) is 13.5. The molecule has 0 aromatic heterocycles. The molecule has 0 aliphatic heterocycles. The number of aliphatic hydroxyl groups excluding tert-OH is 1. The number of aliphatic hydroxyl groups is 1. The van der Waals surface area contributed by atoms with Crippen LogP contribution in [0.4, 0.5) is 0 Å². The molecule has 1 atom stereocenters. The molecule has 1 aromatic carbocycles. The summed E-state index contributed by atoms with van der Waals surface area (Å²) in [5.74, 6) is 0. The quantitative estimate of drug-likeness (QED) is 0.675. The number of hydrogen-bond donors (Lipinski definition) is 1. The van der Waals surface area contributed by atoms with Crippen LogP contribution in [-0.2, 0) is 16.0 Å². The zero-order chi connectivity index (χ0) is 16.4. The molecule has 0 amide bonds. The molecule has 0 heterocycles. The number of hydrogen-bond acceptors (Lipinski definition) is 4. The van der Waals surface area contributed by atoms with Crippen molar-refractivity contribution in [2.24, 2.45) is 0 Å². The van der Waals surface area contributed by atoms with Gasteiger partial charge in [0.2, 0.25) is 0 Å². The smallest absolute Gasteiger partial charge is 0.0900 e. The summed E-state index contributed by atoms with van der Waals surface area (Å²) >= 11 is 0. The highest BCUT2D eigenvalue weighted by atomic mass is 16.5. The Hall–Kier alpha value is -0.940. The summed E-state index contributed by atoms with van der Waals surface area (Å²) in [5, 5.41) is 10.2. The largest absolute Gasteiger partial charge is 0.389 e. The van der Waals surface area contributed by atoms with Crippen molar-refractivity contribution in [3.05, 3.63) is 35.9 Å². The fourth-order valence-corrected chi connectivity index (χ4v) is 2.21. The first-order valence-corrected chi connectivity index (χ1v) is 7.98. The van der Waals surface area contributed by atoms with Crippen molar-refractivity contribution < 1.29 is 14.6 Å². The molecule has 0 aliphatic carbocycles. The first kappa shape index (κ1) is 19.1. The van der Waals surface area contributed by atoms with Crippen molar-refractivity contribution in [2.45, 2.75) is 45.4 Å². The van der Waals surface area contributed by atoms with E-state index in [0.717, 1.165) is 26.1 Å². The molecule has 0 fully saturated rings. The van der Waals surface area contributed by atoms with Crippen LogP contribution in [0.2, 0.25) is 0 Å². The van der Waals surface area contributed by atoms with E-state index in [0.29, 0.717) is 13.2 Å². The summed E-state index contributed by atoms with van der Waals surface area (Å²) in [6, 6.07) is 10.3. The Morgan fingerprint density at radius 3 is 2.45 bits per heavy atom. The fraction of sp³-hybridized carbons (Fsp3) is 0.667. The van der Waals surface area contributed by atoms with Crippen molar-refractivity contribution >= 4 is 0 Å². The highest BCUT2D eigenvalue weighted by Crippen LogP contribution is 2.10. The lowest BCUT2D eigenvalue weighted by atomic mass is 10.2. The molecule has 4 nitrogen and oxygen atoms in total. The number of nitrogens with zero attached hydrogens (tertiary/aromatic N) is 1. The van der Waals surface area contributed by atoms with Crippen LogP contribution in [0.5, 0.6) is 0 Å². The Kier molecular flexibility index (Phi) is 8.64. The molecule has 1 rings (SSSR count). The molecule has 0 unspecified atom stereocenters. The average molecular weight is 309 g/mol. The lowest BCUT2D eigenvalue weighted by Gasteiger charge is -2.27. The second-order valence-corrected chi connectivity index (χ2v) is 6.64. The number of methoxy groups -OCH3 is 1. The molecule has 126 valence electrons. The maximum atomic E-state index is 10.2. The van der Waals surface area contributed by atoms with E-state index in [9.17, 15) is 5.11 Å². The van der Waals surface area contributed by atoms with E-state index in [1.807, 2.05) is 39.0 Å². The first-order chi connectivity index (χ1) is 10.4. The van der Waals surface area contributed by atoms with E-state index >= 15 is 0 Å². The van der Waals surface area contributed by atoms with Gasteiger partial charge in [-0.15, -0.1) is 0 Å². The highest BCUT2D eigenvalue weighted by molar-refractivity contribution is 5.14. The Labute approximate surface area is 135 Å². The predicted octanol–water partition coefficient (Wildman–Crippen LogP) is 2.70. The zero-order valence-corrected chi connectivity index (χ0v) is 14.4. The van der Waals surface area contributed by atoms with Gasteiger partial charge in [0.15, 0.2) is 0 Å². The van der Waals surface area contributed by atoms with Gasteiger partial charge < -0.3 is 14.6 Å². The molecule has 22 heavy (non-hydrogen) atoms. The predicted molar refractivity (Wildman–Crippen MR) is 89.9 cm³/mol. The summed E-state index contributed by atoms with van der Waals surface area (Å²) in [6.45, 7) is 9.43. The minimum Gasteiger partial charge on any atom is -0.389 e. The van der Waals surface area contributed by atoms with Gasteiger partial charge in [0.25, 0.3) is 0 Å². The van der Waals surface area contributed by atoms with E-state index in [4.69, 9.17) is 9.47 Å². The molecule has 0 spiro atoms. The number of rotatable bonds is 10. The van der Waals surface area contributed by atoms with E-state index < -0.39 is 6.10 Å². The maximum absolute atomic E-state index is 10.2. The van der Waals surface area contributed by atoms with Crippen LogP contribution in [0.25, 0.3) is 0 Å². The first-order valence-electron chi connectivity index (χ1n) is 7.98. The van der Waals surface area contributed by atoms with Gasteiger partial charge in [-0.2, -0.15) is 0 Å². The third kappa shape index (κ3) is 9.15. The maximum Gasteiger partial charge on any atom is 0.0900 e. The summed E-state index contributed by atoms with van der Waals surface area (Å²) in [4.78, 5) is 2.26. The molecular formula is C18H31NO3. The van der Waals surface area contributed by atoms with Crippen LogP contribution in [0.3, 0.4) is 0 Å². The minimum atomic E-state index is -0.481. The third-order valence-electron chi connectivity index (χ3n) is 3.25. The van der Waals surface area contributed by atoms with Crippen molar-refractivity contribution in [3.63, 3.8) is 0 Å². The van der Waals surface area contributed by atoms with E-state index in [-0.39, 0.29) is 5.60 Å². The molecule has 0 radical (unpaired) electrons. The lowest BCUT2D eigenvalue weighted by molar-refractivity contribution is -0.0569. The summed E-state index contributed by atoms with van der Waals surface area (Å²) in [6.07, 6.45) is 0.474. The van der Waals surface area contributed by atoms with Crippen molar-refractivity contribution in [1.82, 2.24) is 4.90 Å². The Bertz CT molecular complexity index is 389. The fourth-order valence-electron chi connectivity index (χ4n) is 2.21. The second kappa shape index (κ2) is 9.95. The Balaban J connectivity index is 2.49. The van der Waals surface area contributed by atoms with Gasteiger partial charge in [0.1, 0.15) is 0 Å². The van der Waals surface area contributed by atoms with Crippen molar-refractivity contribution in [1.29, 1.82) is 0 Å². The van der Waals surface area contributed by atoms with Crippen LogP contribution in [0.15, 0.2) is 30.3 Å². The molecule has 0 aliphatic rings. The third-order valence-corrected chi connectivity index (χ3v) is 3.25. The molecule has 0 saturated carbocycles. The molecule has 0 saturated heterocycles. The number of ether oxygens (including phenoxy) is 2. The van der Waals surface area contributed by atoms with Gasteiger partial charge in [-0.1, -0.05) is 30.3 Å². The SMILES string of the molecule is COCCCN(Cc1ccccc1)C[C@@H](O)COC(C)(C)C. The second-order valence-electron chi connectivity index (χ2n) is 6.64. The molecule has 1 N–H and O–H groups in total. The average Bonchev–Trinajstić information content (AvgIpc) is 2.46. The standard InChI is InChI=1S/C18H31NO3/c1-18(2,3)22-15-17(20)14-19(11-8-12-21-4)13-16-9-6-5-7-10-16/h5-7,9-10,17,20H,8,11-15H2,1-4H3/t17-/m1/s1. The van der Waals surface area contributed by atoms with E-state index in [1.54, 1.807) is 7.11 Å². The minimum absolute atomic E-state index is 0.221. The van der Waals surface area contributed by atoms with Gasteiger partial charge in [-0.3, -0.25) is 4.90 Å². The topological polar surface area (TPSA) is 41.9 Å².